The van der Waals surface area contributed by atoms with Gasteiger partial charge < -0.3 is 15.0 Å². The zero-order chi connectivity index (χ0) is 19.1. The standard InChI is InChI=1S/C19H29N5O3/c1-15(25)23-10-3-16(4-11-23)24(17-5-13-27-14-6-17)12-9-22-19(26)18-20-7-2-8-21-18/h2,7-8,16-17H,3-6,9-14H2,1H3,(H,22,26). The Labute approximate surface area is 160 Å². The lowest BCUT2D eigenvalue weighted by molar-refractivity contribution is -0.130. The summed E-state index contributed by atoms with van der Waals surface area (Å²) in [5.41, 5.74) is 0. The number of hydrogen-bond donors (Lipinski definition) is 1. The predicted molar refractivity (Wildman–Crippen MR) is 100 cm³/mol. The van der Waals surface area contributed by atoms with E-state index in [0.717, 1.165) is 58.5 Å². The third-order valence-corrected chi connectivity index (χ3v) is 5.46. The molecule has 3 heterocycles. The second kappa shape index (κ2) is 9.75. The number of likely N-dealkylation sites (tertiary alicyclic amines) is 1. The number of hydrogen-bond acceptors (Lipinski definition) is 6. The summed E-state index contributed by atoms with van der Waals surface area (Å²) >= 11 is 0. The third-order valence-electron chi connectivity index (χ3n) is 5.46. The summed E-state index contributed by atoms with van der Waals surface area (Å²) in [6.45, 7) is 6.18. The van der Waals surface area contributed by atoms with Crippen LogP contribution in [0.1, 0.15) is 43.2 Å². The lowest BCUT2D eigenvalue weighted by Crippen LogP contribution is -2.53. The van der Waals surface area contributed by atoms with E-state index in [1.165, 1.54) is 0 Å². The van der Waals surface area contributed by atoms with Gasteiger partial charge in [-0.2, -0.15) is 0 Å². The van der Waals surface area contributed by atoms with Crippen LogP contribution < -0.4 is 5.32 Å². The number of carbonyl (C=O) groups excluding carboxylic acids is 2. The van der Waals surface area contributed by atoms with Crippen molar-refractivity contribution in [3.05, 3.63) is 24.3 Å². The van der Waals surface area contributed by atoms with E-state index in [1.54, 1.807) is 25.4 Å². The number of rotatable bonds is 6. The lowest BCUT2D eigenvalue weighted by Gasteiger charge is -2.43. The lowest BCUT2D eigenvalue weighted by atomic mass is 9.98. The first-order valence-corrected chi connectivity index (χ1v) is 9.79. The van der Waals surface area contributed by atoms with E-state index in [9.17, 15) is 9.59 Å². The smallest absolute Gasteiger partial charge is 0.289 e. The van der Waals surface area contributed by atoms with Crippen LogP contribution in [0.3, 0.4) is 0 Å². The SMILES string of the molecule is CC(=O)N1CCC(N(CCNC(=O)c2ncccn2)C2CCOCC2)CC1. The van der Waals surface area contributed by atoms with Crippen molar-refractivity contribution in [1.29, 1.82) is 0 Å². The first kappa shape index (κ1) is 19.7. The molecule has 148 valence electrons. The molecule has 0 spiro atoms. The fourth-order valence-corrected chi connectivity index (χ4v) is 3.99. The van der Waals surface area contributed by atoms with Crippen LogP contribution in [0.5, 0.6) is 0 Å². The molecule has 0 radical (unpaired) electrons. The zero-order valence-electron chi connectivity index (χ0n) is 16.0. The highest BCUT2D eigenvalue weighted by Gasteiger charge is 2.31. The van der Waals surface area contributed by atoms with Crippen LogP contribution in [0.15, 0.2) is 18.5 Å². The monoisotopic (exact) mass is 375 g/mol. The van der Waals surface area contributed by atoms with Crippen molar-refractivity contribution in [2.24, 2.45) is 0 Å². The van der Waals surface area contributed by atoms with Gasteiger partial charge in [0.2, 0.25) is 11.7 Å². The third kappa shape index (κ3) is 5.46. The Kier molecular flexibility index (Phi) is 7.11. The number of amides is 2. The minimum absolute atomic E-state index is 0.154. The number of aromatic nitrogens is 2. The van der Waals surface area contributed by atoms with Gasteiger partial charge in [0.1, 0.15) is 0 Å². The van der Waals surface area contributed by atoms with Crippen LogP contribution in [-0.2, 0) is 9.53 Å². The molecule has 0 aliphatic carbocycles. The Hall–Kier alpha value is -2.06. The van der Waals surface area contributed by atoms with E-state index in [1.807, 2.05) is 4.90 Å². The maximum atomic E-state index is 12.2. The Morgan fingerprint density at radius 2 is 1.78 bits per heavy atom. The summed E-state index contributed by atoms with van der Waals surface area (Å²) in [6, 6.07) is 2.60. The molecule has 0 aromatic carbocycles. The predicted octanol–water partition coefficient (Wildman–Crippen LogP) is 0.698. The molecule has 1 aromatic rings. The molecule has 1 aromatic heterocycles. The van der Waals surface area contributed by atoms with Gasteiger partial charge in [-0.25, -0.2) is 9.97 Å². The van der Waals surface area contributed by atoms with Crippen molar-refractivity contribution in [3.8, 4) is 0 Å². The second-order valence-electron chi connectivity index (χ2n) is 7.15. The Morgan fingerprint density at radius 3 is 2.41 bits per heavy atom. The normalized spacial score (nSPS) is 19.3. The van der Waals surface area contributed by atoms with E-state index < -0.39 is 0 Å². The zero-order valence-corrected chi connectivity index (χ0v) is 16.0. The summed E-state index contributed by atoms with van der Waals surface area (Å²) in [7, 11) is 0. The molecule has 3 rings (SSSR count). The summed E-state index contributed by atoms with van der Waals surface area (Å²) in [4.78, 5) is 36.2. The maximum Gasteiger partial charge on any atom is 0.289 e. The van der Waals surface area contributed by atoms with Crippen LogP contribution in [0.25, 0.3) is 0 Å². The number of piperidine rings is 1. The molecule has 2 fully saturated rings. The number of ether oxygens (including phenoxy) is 1. The van der Waals surface area contributed by atoms with Crippen LogP contribution in [0.2, 0.25) is 0 Å². The molecule has 27 heavy (non-hydrogen) atoms. The largest absolute Gasteiger partial charge is 0.381 e. The average molecular weight is 375 g/mol. The number of carbonyl (C=O) groups is 2. The maximum absolute atomic E-state index is 12.2. The van der Waals surface area contributed by atoms with Crippen molar-refractivity contribution in [2.75, 3.05) is 39.4 Å². The fourth-order valence-electron chi connectivity index (χ4n) is 3.99. The molecule has 2 aliphatic rings. The van der Waals surface area contributed by atoms with Crippen molar-refractivity contribution in [3.63, 3.8) is 0 Å². The molecule has 0 atom stereocenters. The van der Waals surface area contributed by atoms with E-state index in [0.29, 0.717) is 18.6 Å². The quantitative estimate of drug-likeness (QED) is 0.787. The van der Waals surface area contributed by atoms with Crippen molar-refractivity contribution in [2.45, 2.75) is 44.7 Å². The fraction of sp³-hybridized carbons (Fsp3) is 0.684. The molecule has 0 bridgehead atoms. The molecule has 2 aliphatic heterocycles. The van der Waals surface area contributed by atoms with Crippen LogP contribution >= 0.6 is 0 Å². The van der Waals surface area contributed by atoms with Gasteiger partial charge in [-0.1, -0.05) is 0 Å². The van der Waals surface area contributed by atoms with Crippen LogP contribution in [0, 0.1) is 0 Å². The average Bonchev–Trinajstić information content (AvgIpc) is 2.72. The highest BCUT2D eigenvalue weighted by Crippen LogP contribution is 2.23. The van der Waals surface area contributed by atoms with Crippen molar-refractivity contribution < 1.29 is 14.3 Å². The summed E-state index contributed by atoms with van der Waals surface area (Å²) in [6.07, 6.45) is 7.13. The molecule has 8 nitrogen and oxygen atoms in total. The first-order valence-electron chi connectivity index (χ1n) is 9.79. The first-order chi connectivity index (χ1) is 13.1. The van der Waals surface area contributed by atoms with Crippen molar-refractivity contribution in [1.82, 2.24) is 25.1 Å². The Balaban J connectivity index is 1.55. The topological polar surface area (TPSA) is 87.7 Å². The van der Waals surface area contributed by atoms with Crippen LogP contribution in [0.4, 0.5) is 0 Å². The van der Waals surface area contributed by atoms with E-state index in [2.05, 4.69) is 20.2 Å². The van der Waals surface area contributed by atoms with Crippen molar-refractivity contribution >= 4 is 11.8 Å². The number of nitrogens with zero attached hydrogens (tertiary/aromatic N) is 4. The van der Waals surface area contributed by atoms with Gasteiger partial charge in [0, 0.05) is 70.8 Å². The summed E-state index contributed by atoms with van der Waals surface area (Å²) in [5.74, 6) is 0.111. The van der Waals surface area contributed by atoms with E-state index in [4.69, 9.17) is 4.74 Å². The molecule has 0 unspecified atom stereocenters. The second-order valence-corrected chi connectivity index (χ2v) is 7.15. The van der Waals surface area contributed by atoms with Gasteiger partial charge in [-0.3, -0.25) is 14.5 Å². The molecular weight excluding hydrogens is 346 g/mol. The van der Waals surface area contributed by atoms with E-state index in [-0.39, 0.29) is 17.6 Å². The number of nitrogens with one attached hydrogen (secondary N) is 1. The van der Waals surface area contributed by atoms with Gasteiger partial charge >= 0.3 is 0 Å². The molecule has 2 saturated heterocycles. The van der Waals surface area contributed by atoms with Gasteiger partial charge in [-0.05, 0) is 31.7 Å². The van der Waals surface area contributed by atoms with E-state index >= 15 is 0 Å². The molecule has 0 saturated carbocycles. The highest BCUT2D eigenvalue weighted by molar-refractivity contribution is 5.90. The minimum atomic E-state index is -0.242. The van der Waals surface area contributed by atoms with Gasteiger partial charge in [0.05, 0.1) is 0 Å². The Morgan fingerprint density at radius 1 is 1.15 bits per heavy atom. The molecule has 1 N–H and O–H groups in total. The van der Waals surface area contributed by atoms with Gasteiger partial charge in [-0.15, -0.1) is 0 Å². The molecule has 2 amide bonds. The molecular formula is C19H29N5O3. The Bertz CT molecular complexity index is 613. The van der Waals surface area contributed by atoms with Gasteiger partial charge in [0.15, 0.2) is 0 Å². The minimum Gasteiger partial charge on any atom is -0.381 e. The summed E-state index contributed by atoms with van der Waals surface area (Å²) in [5, 5.41) is 2.93. The highest BCUT2D eigenvalue weighted by atomic mass is 16.5. The molecule has 8 heteroatoms. The van der Waals surface area contributed by atoms with Gasteiger partial charge in [0.25, 0.3) is 5.91 Å². The summed E-state index contributed by atoms with van der Waals surface area (Å²) < 4.78 is 5.52. The van der Waals surface area contributed by atoms with Crippen LogP contribution in [-0.4, -0.2) is 83.1 Å².